The molecule has 0 bridgehead atoms. The van der Waals surface area contributed by atoms with E-state index in [1.165, 1.54) is 24.8 Å². The van der Waals surface area contributed by atoms with E-state index >= 15 is 0 Å². The lowest BCUT2D eigenvalue weighted by molar-refractivity contribution is 0.0850. The fraction of sp³-hybridized carbons (Fsp3) is 0.750. The molecule has 0 spiro atoms. The molecule has 0 aromatic heterocycles. The lowest BCUT2D eigenvalue weighted by Gasteiger charge is -2.21. The molecule has 1 heteroatoms. The zero-order chi connectivity index (χ0) is 6.69. The molecule has 0 radical (unpaired) electrons. The second-order valence-electron chi connectivity index (χ2n) is 2.70. The van der Waals surface area contributed by atoms with Crippen molar-refractivity contribution in [3.63, 3.8) is 0 Å². The minimum Gasteiger partial charge on any atom is -0.381 e. The standard InChI is InChI=1S/C8H14O/c1-7-4-3-5-8(6-7)9-2/h8H,1,3-6H2,2H3. The van der Waals surface area contributed by atoms with Crippen LogP contribution in [0.25, 0.3) is 0 Å². The molecule has 0 aromatic carbocycles. The molecule has 1 aliphatic carbocycles. The van der Waals surface area contributed by atoms with Crippen LogP contribution < -0.4 is 0 Å². The van der Waals surface area contributed by atoms with Gasteiger partial charge in [0.05, 0.1) is 6.10 Å². The highest BCUT2D eigenvalue weighted by Crippen LogP contribution is 2.23. The average molecular weight is 126 g/mol. The molecule has 9 heavy (non-hydrogen) atoms. The van der Waals surface area contributed by atoms with Crippen molar-refractivity contribution in [1.29, 1.82) is 0 Å². The summed E-state index contributed by atoms with van der Waals surface area (Å²) in [5.74, 6) is 0. The molecule has 1 nitrogen and oxygen atoms in total. The van der Waals surface area contributed by atoms with Gasteiger partial charge in [0.15, 0.2) is 0 Å². The number of hydrogen-bond acceptors (Lipinski definition) is 1. The predicted molar refractivity (Wildman–Crippen MR) is 38.4 cm³/mol. The average Bonchev–Trinajstić information content (AvgIpc) is 1.88. The maximum atomic E-state index is 5.20. The zero-order valence-corrected chi connectivity index (χ0v) is 6.02. The Morgan fingerprint density at radius 2 is 2.44 bits per heavy atom. The molecule has 0 saturated heterocycles. The third-order valence-corrected chi connectivity index (χ3v) is 1.91. The molecule has 1 atom stereocenters. The van der Waals surface area contributed by atoms with Crippen LogP contribution in [0.3, 0.4) is 0 Å². The molecular formula is C8H14O. The van der Waals surface area contributed by atoms with Gasteiger partial charge in [0.2, 0.25) is 0 Å². The lowest BCUT2D eigenvalue weighted by atomic mass is 9.94. The van der Waals surface area contributed by atoms with E-state index in [1.54, 1.807) is 7.11 Å². The van der Waals surface area contributed by atoms with Crippen LogP contribution >= 0.6 is 0 Å². The molecule has 1 rings (SSSR count). The first-order valence-electron chi connectivity index (χ1n) is 3.52. The lowest BCUT2D eigenvalue weighted by Crippen LogP contribution is -2.15. The summed E-state index contributed by atoms with van der Waals surface area (Å²) in [5, 5.41) is 0. The first kappa shape index (κ1) is 6.81. The third-order valence-electron chi connectivity index (χ3n) is 1.91. The molecule has 0 N–H and O–H groups in total. The smallest absolute Gasteiger partial charge is 0.0608 e. The van der Waals surface area contributed by atoms with Gasteiger partial charge in [-0.1, -0.05) is 12.2 Å². The largest absolute Gasteiger partial charge is 0.381 e. The molecule has 1 saturated carbocycles. The van der Waals surface area contributed by atoms with Crippen LogP contribution in [0.2, 0.25) is 0 Å². The van der Waals surface area contributed by atoms with E-state index in [4.69, 9.17) is 4.74 Å². The van der Waals surface area contributed by atoms with E-state index in [9.17, 15) is 0 Å². The third kappa shape index (κ3) is 1.83. The van der Waals surface area contributed by atoms with Gasteiger partial charge in [0, 0.05) is 7.11 Å². The van der Waals surface area contributed by atoms with Crippen molar-refractivity contribution in [2.75, 3.05) is 7.11 Å². The van der Waals surface area contributed by atoms with E-state index < -0.39 is 0 Å². The van der Waals surface area contributed by atoms with Crippen LogP contribution in [0.1, 0.15) is 25.7 Å². The molecule has 1 aliphatic rings. The maximum Gasteiger partial charge on any atom is 0.0608 e. The molecular weight excluding hydrogens is 112 g/mol. The summed E-state index contributed by atoms with van der Waals surface area (Å²) in [5.41, 5.74) is 1.35. The number of hydrogen-bond donors (Lipinski definition) is 0. The summed E-state index contributed by atoms with van der Waals surface area (Å²) in [4.78, 5) is 0. The second kappa shape index (κ2) is 3.02. The minimum absolute atomic E-state index is 0.464. The Balaban J connectivity index is 2.32. The maximum absolute atomic E-state index is 5.20. The van der Waals surface area contributed by atoms with E-state index in [1.807, 2.05) is 0 Å². The number of methoxy groups -OCH3 is 1. The first-order chi connectivity index (χ1) is 4.33. The number of rotatable bonds is 1. The van der Waals surface area contributed by atoms with Crippen LogP contribution in [0, 0.1) is 0 Å². The highest BCUT2D eigenvalue weighted by Gasteiger charge is 2.13. The summed E-state index contributed by atoms with van der Waals surface area (Å²) < 4.78 is 5.20. The van der Waals surface area contributed by atoms with Gasteiger partial charge in [0.25, 0.3) is 0 Å². The number of ether oxygens (including phenoxy) is 1. The van der Waals surface area contributed by atoms with Gasteiger partial charge in [-0.15, -0.1) is 0 Å². The van der Waals surface area contributed by atoms with Crippen molar-refractivity contribution in [1.82, 2.24) is 0 Å². The Morgan fingerprint density at radius 1 is 1.67 bits per heavy atom. The summed E-state index contributed by atoms with van der Waals surface area (Å²) in [6, 6.07) is 0. The fourth-order valence-corrected chi connectivity index (χ4v) is 1.31. The van der Waals surface area contributed by atoms with Gasteiger partial charge in [-0.2, -0.15) is 0 Å². The zero-order valence-electron chi connectivity index (χ0n) is 6.02. The van der Waals surface area contributed by atoms with Crippen LogP contribution in [0.5, 0.6) is 0 Å². The van der Waals surface area contributed by atoms with Gasteiger partial charge in [-0.05, 0) is 25.7 Å². The van der Waals surface area contributed by atoms with Gasteiger partial charge in [-0.3, -0.25) is 0 Å². The summed E-state index contributed by atoms with van der Waals surface area (Å²) in [6.45, 7) is 3.93. The highest BCUT2D eigenvalue weighted by molar-refractivity contribution is 4.99. The molecule has 52 valence electrons. The monoisotopic (exact) mass is 126 g/mol. The van der Waals surface area contributed by atoms with Crippen molar-refractivity contribution < 1.29 is 4.74 Å². The summed E-state index contributed by atoms with van der Waals surface area (Å²) in [6.07, 6.45) is 5.23. The Labute approximate surface area is 56.7 Å². The quantitative estimate of drug-likeness (QED) is 0.489. The van der Waals surface area contributed by atoms with Crippen molar-refractivity contribution in [2.24, 2.45) is 0 Å². The normalized spacial score (nSPS) is 28.6. The van der Waals surface area contributed by atoms with E-state index in [2.05, 4.69) is 6.58 Å². The topological polar surface area (TPSA) is 9.23 Å². The van der Waals surface area contributed by atoms with E-state index in [-0.39, 0.29) is 0 Å². The Kier molecular flexibility index (Phi) is 2.29. The molecule has 0 heterocycles. The Morgan fingerprint density at radius 3 is 2.89 bits per heavy atom. The molecule has 1 fully saturated rings. The van der Waals surface area contributed by atoms with Crippen molar-refractivity contribution >= 4 is 0 Å². The van der Waals surface area contributed by atoms with Crippen LogP contribution in [0.15, 0.2) is 12.2 Å². The Hall–Kier alpha value is -0.300. The van der Waals surface area contributed by atoms with Gasteiger partial charge < -0.3 is 4.74 Å². The minimum atomic E-state index is 0.464. The van der Waals surface area contributed by atoms with Gasteiger partial charge in [-0.25, -0.2) is 0 Å². The SMILES string of the molecule is C=C1CCCC(OC)C1. The van der Waals surface area contributed by atoms with Crippen LogP contribution in [-0.4, -0.2) is 13.2 Å². The van der Waals surface area contributed by atoms with Crippen molar-refractivity contribution in [3.8, 4) is 0 Å². The van der Waals surface area contributed by atoms with Crippen molar-refractivity contribution in [3.05, 3.63) is 12.2 Å². The second-order valence-corrected chi connectivity index (χ2v) is 2.70. The predicted octanol–water partition coefficient (Wildman–Crippen LogP) is 2.13. The highest BCUT2D eigenvalue weighted by atomic mass is 16.5. The summed E-state index contributed by atoms with van der Waals surface area (Å²) >= 11 is 0. The van der Waals surface area contributed by atoms with Crippen LogP contribution in [0.4, 0.5) is 0 Å². The van der Waals surface area contributed by atoms with Crippen LogP contribution in [-0.2, 0) is 4.74 Å². The molecule has 0 aliphatic heterocycles. The summed E-state index contributed by atoms with van der Waals surface area (Å²) in [7, 11) is 1.78. The van der Waals surface area contributed by atoms with Crippen molar-refractivity contribution in [2.45, 2.75) is 31.8 Å². The molecule has 0 aromatic rings. The van der Waals surface area contributed by atoms with Gasteiger partial charge >= 0.3 is 0 Å². The molecule has 1 unspecified atom stereocenters. The Bertz CT molecular complexity index is 107. The molecule has 0 amide bonds. The fourth-order valence-electron chi connectivity index (χ4n) is 1.31. The van der Waals surface area contributed by atoms with E-state index in [0.29, 0.717) is 6.10 Å². The first-order valence-corrected chi connectivity index (χ1v) is 3.52. The van der Waals surface area contributed by atoms with Gasteiger partial charge in [0.1, 0.15) is 0 Å². The van der Waals surface area contributed by atoms with E-state index in [0.717, 1.165) is 6.42 Å².